The fourth-order valence-electron chi connectivity index (χ4n) is 1.76. The summed E-state index contributed by atoms with van der Waals surface area (Å²) in [6.07, 6.45) is 3.47. The van der Waals surface area contributed by atoms with Gasteiger partial charge in [0, 0.05) is 11.8 Å². The van der Waals surface area contributed by atoms with Gasteiger partial charge >= 0.3 is 21.1 Å². The Hall–Kier alpha value is -1.57. The molecule has 1 heterocycles. The fraction of sp³-hybridized carbons (Fsp3) is 0.292. The number of rotatable bonds is 3. The predicted molar refractivity (Wildman–Crippen MR) is 124 cm³/mol. The Kier molecular flexibility index (Phi) is 26.1. The molecule has 0 saturated carbocycles. The molecule has 0 atom stereocenters. The van der Waals surface area contributed by atoms with Gasteiger partial charge in [-0.15, -0.1) is 11.5 Å². The van der Waals surface area contributed by atoms with Crippen LogP contribution in [0.5, 0.6) is 0 Å². The van der Waals surface area contributed by atoms with Gasteiger partial charge in [0.1, 0.15) is 5.76 Å². The van der Waals surface area contributed by atoms with Crippen molar-refractivity contribution >= 4 is 29.3 Å². The third-order valence-corrected chi connectivity index (χ3v) is 2.77. The second kappa shape index (κ2) is 23.5. The van der Waals surface area contributed by atoms with Gasteiger partial charge in [0.2, 0.25) is 0 Å². The minimum absolute atomic E-state index is 0. The summed E-state index contributed by atoms with van der Waals surface area (Å²) in [6.45, 7) is 14.4. The van der Waals surface area contributed by atoms with Gasteiger partial charge in [-0.25, -0.2) is 0 Å². The van der Waals surface area contributed by atoms with E-state index in [0.717, 1.165) is 16.5 Å². The maximum absolute atomic E-state index is 5.33. The number of nitrogens with zero attached hydrogens (tertiary/aromatic N) is 1. The van der Waals surface area contributed by atoms with Crippen LogP contribution >= 0.6 is 12.6 Å². The third-order valence-electron chi connectivity index (χ3n) is 2.77. The molecule has 2 aromatic carbocycles. The van der Waals surface area contributed by atoms with Gasteiger partial charge in [0.05, 0.1) is 6.61 Å². The molecular weight excluding hydrogens is 534 g/mol. The van der Waals surface area contributed by atoms with Crippen molar-refractivity contribution in [1.82, 2.24) is 4.98 Å². The largest absolute Gasteiger partial charge is 2.00 e. The molecule has 1 aromatic heterocycles. The number of hydrogen-bond donors (Lipinski definition) is 1. The number of thiol groups is 1. The zero-order chi connectivity index (χ0) is 20.9. The number of benzene rings is 2. The summed E-state index contributed by atoms with van der Waals surface area (Å²) >= 11 is 3.53. The van der Waals surface area contributed by atoms with E-state index in [1.54, 1.807) is 12.5 Å². The molecular formula is C24H33NOSW. The monoisotopic (exact) mass is 567 g/mol. The first-order valence-electron chi connectivity index (χ1n) is 9.25. The van der Waals surface area contributed by atoms with E-state index in [1.807, 2.05) is 89.2 Å². The van der Waals surface area contributed by atoms with Crippen LogP contribution in [-0.2, 0) is 25.8 Å². The first kappa shape index (κ1) is 31.1. The molecule has 0 fully saturated rings. The Morgan fingerprint density at radius 1 is 1.04 bits per heavy atom. The Morgan fingerprint density at radius 2 is 1.64 bits per heavy atom. The summed E-state index contributed by atoms with van der Waals surface area (Å²) in [7, 11) is 0. The van der Waals surface area contributed by atoms with E-state index >= 15 is 0 Å². The van der Waals surface area contributed by atoms with E-state index < -0.39 is 0 Å². The zero-order valence-electron chi connectivity index (χ0n) is 17.9. The van der Waals surface area contributed by atoms with Gasteiger partial charge in [-0.1, -0.05) is 40.3 Å². The molecule has 0 aliphatic carbocycles. The first-order chi connectivity index (χ1) is 13.3. The minimum Gasteiger partial charge on any atom is -0.494 e. The van der Waals surface area contributed by atoms with Crippen molar-refractivity contribution in [2.45, 2.75) is 34.6 Å². The van der Waals surface area contributed by atoms with Gasteiger partial charge in [0.15, 0.2) is 0 Å². The second-order valence-corrected chi connectivity index (χ2v) is 4.28. The van der Waals surface area contributed by atoms with Crippen molar-refractivity contribution in [2.75, 3.05) is 12.9 Å². The van der Waals surface area contributed by atoms with Gasteiger partial charge in [0.25, 0.3) is 0 Å². The maximum Gasteiger partial charge on any atom is 2.00 e. The van der Waals surface area contributed by atoms with Gasteiger partial charge in [-0.05, 0) is 18.7 Å². The number of pyridine rings is 1. The van der Waals surface area contributed by atoms with Crippen LogP contribution in [0.2, 0.25) is 0 Å². The van der Waals surface area contributed by atoms with Gasteiger partial charge < -0.3 is 4.74 Å². The molecule has 2 nitrogen and oxygen atoms in total. The smallest absolute Gasteiger partial charge is 0.494 e. The summed E-state index contributed by atoms with van der Waals surface area (Å²) in [4.78, 5) is 4.32. The van der Waals surface area contributed by atoms with Gasteiger partial charge in [-0.2, -0.15) is 67.2 Å². The molecule has 0 bridgehead atoms. The molecule has 3 rings (SSSR count). The van der Waals surface area contributed by atoms with Crippen LogP contribution in [0.3, 0.4) is 0 Å². The first-order valence-corrected chi connectivity index (χ1v) is 10.1. The van der Waals surface area contributed by atoms with Crippen LogP contribution in [0.1, 0.15) is 40.2 Å². The van der Waals surface area contributed by atoms with E-state index in [9.17, 15) is 0 Å². The van der Waals surface area contributed by atoms with Gasteiger partial charge in [-0.3, -0.25) is 4.98 Å². The normalized spacial score (nSPS) is 7.82. The minimum atomic E-state index is 0. The summed E-state index contributed by atoms with van der Waals surface area (Å²) in [6, 6.07) is 23.2. The molecule has 0 aliphatic rings. The van der Waals surface area contributed by atoms with Crippen molar-refractivity contribution in [3.8, 4) is 0 Å². The number of fused-ring (bicyclic) bond motifs is 1. The van der Waals surface area contributed by atoms with Crippen molar-refractivity contribution in [1.29, 1.82) is 0 Å². The van der Waals surface area contributed by atoms with Crippen molar-refractivity contribution in [3.63, 3.8) is 0 Å². The molecule has 0 spiro atoms. The van der Waals surface area contributed by atoms with Crippen LogP contribution < -0.4 is 0 Å². The SMILES string of the molecule is C=C(OCC)c1cnc2cc[c-]cc2c1.CC.CC.CS.[W+2].[c-]1ccccc1. The molecule has 0 amide bonds. The molecule has 0 aliphatic heterocycles. The summed E-state index contributed by atoms with van der Waals surface area (Å²) < 4.78 is 5.33. The Morgan fingerprint density at radius 3 is 2.11 bits per heavy atom. The Balaban J connectivity index is -0.000000405. The van der Waals surface area contributed by atoms with Crippen LogP contribution in [-0.4, -0.2) is 17.8 Å². The topological polar surface area (TPSA) is 22.1 Å². The maximum atomic E-state index is 5.33. The average Bonchev–Trinajstić information content (AvgIpc) is 2.79. The Bertz CT molecular complexity index is 678. The van der Waals surface area contributed by atoms with Crippen molar-refractivity contribution in [2.24, 2.45) is 0 Å². The molecule has 0 radical (unpaired) electrons. The molecule has 152 valence electrons. The average molecular weight is 567 g/mol. The van der Waals surface area contributed by atoms with Crippen LogP contribution in [0.4, 0.5) is 0 Å². The molecule has 0 saturated heterocycles. The molecule has 0 unspecified atom stereocenters. The van der Waals surface area contributed by atoms with E-state index in [2.05, 4.69) is 36.3 Å². The molecule has 3 aromatic rings. The quantitative estimate of drug-likeness (QED) is 0.207. The summed E-state index contributed by atoms with van der Waals surface area (Å²) in [5.41, 5.74) is 1.88. The van der Waals surface area contributed by atoms with Crippen molar-refractivity contribution in [3.05, 3.63) is 85.1 Å². The predicted octanol–water partition coefficient (Wildman–Crippen LogP) is 7.12. The number of hydrogen-bond acceptors (Lipinski definition) is 3. The molecule has 4 heteroatoms. The fourth-order valence-corrected chi connectivity index (χ4v) is 1.76. The Labute approximate surface area is 192 Å². The van der Waals surface area contributed by atoms with E-state index in [-0.39, 0.29) is 21.1 Å². The number of ether oxygens (including phenoxy) is 1. The summed E-state index contributed by atoms with van der Waals surface area (Å²) in [5, 5.41) is 1.05. The van der Waals surface area contributed by atoms with E-state index in [1.165, 1.54) is 0 Å². The van der Waals surface area contributed by atoms with E-state index in [4.69, 9.17) is 4.74 Å². The molecule has 0 N–H and O–H groups in total. The third kappa shape index (κ3) is 13.6. The van der Waals surface area contributed by atoms with Crippen LogP contribution in [0, 0.1) is 12.1 Å². The van der Waals surface area contributed by atoms with Crippen LogP contribution in [0.25, 0.3) is 16.7 Å². The zero-order valence-corrected chi connectivity index (χ0v) is 21.7. The summed E-state index contributed by atoms with van der Waals surface area (Å²) in [5.74, 6) is 0.663. The second-order valence-electron chi connectivity index (χ2n) is 4.28. The number of aromatic nitrogens is 1. The molecule has 28 heavy (non-hydrogen) atoms. The van der Waals surface area contributed by atoms with Crippen LogP contribution in [0.15, 0.2) is 67.4 Å². The van der Waals surface area contributed by atoms with E-state index in [0.29, 0.717) is 12.4 Å². The standard InChI is InChI=1S/C13H12NO.C6H5.2C2H6.CH4S.W/c1-3-15-10(2)12-8-11-6-4-5-7-13(11)14-9-12;1-2-4-6-5-3-1;3*1-2;/h5-9H,2-3H2,1H3;1-5H;2*1-2H3;2H,1H3;/q2*-1;;;;+2. The van der Waals surface area contributed by atoms with Crippen molar-refractivity contribution < 1.29 is 25.8 Å².